The highest BCUT2D eigenvalue weighted by Gasteiger charge is 1.90. The molecule has 0 aliphatic carbocycles. The van der Waals surface area contributed by atoms with E-state index >= 15 is 0 Å². The Morgan fingerprint density at radius 1 is 1.50 bits per heavy atom. The maximum atomic E-state index is 12.2. The molecule has 0 aliphatic rings. The van der Waals surface area contributed by atoms with Gasteiger partial charge in [0.1, 0.15) is 0 Å². The van der Waals surface area contributed by atoms with Crippen molar-refractivity contribution in [1.82, 2.24) is 4.98 Å². The number of halogens is 2. The second-order valence-electron chi connectivity index (χ2n) is 1.66. The van der Waals surface area contributed by atoms with E-state index in [9.17, 15) is 4.39 Å². The molecule has 56 valence electrons. The van der Waals surface area contributed by atoms with E-state index in [4.69, 9.17) is 5.73 Å². The van der Waals surface area contributed by atoms with Crippen molar-refractivity contribution >= 4 is 12.4 Å². The molecular weight excluding hydrogens is 155 g/mol. The summed E-state index contributed by atoms with van der Waals surface area (Å²) in [4.78, 5) is 3.50. The quantitative estimate of drug-likeness (QED) is 0.629. The number of hydrogen-bond donors (Lipinski definition) is 1. The fourth-order valence-corrected chi connectivity index (χ4v) is 0.564. The zero-order valence-corrected chi connectivity index (χ0v) is 6.07. The molecule has 0 spiro atoms. The fourth-order valence-electron chi connectivity index (χ4n) is 0.564. The zero-order valence-electron chi connectivity index (χ0n) is 5.25. The number of rotatable bonds is 1. The predicted molar refractivity (Wildman–Crippen MR) is 39.3 cm³/mol. The van der Waals surface area contributed by atoms with Crippen molar-refractivity contribution in [3.05, 3.63) is 29.8 Å². The molecule has 2 nitrogen and oxygen atoms in total. The summed E-state index contributed by atoms with van der Waals surface area (Å²) in [5, 5.41) is 0. The second-order valence-corrected chi connectivity index (χ2v) is 1.66. The summed E-state index contributed by atoms with van der Waals surface area (Å²) in [6.07, 6.45) is 0. The van der Waals surface area contributed by atoms with Crippen LogP contribution in [0.2, 0.25) is 0 Å². The molecule has 4 heteroatoms. The SMILES string of the molecule is Cl.NCc1cccc(F)n1. The third-order valence-corrected chi connectivity index (χ3v) is 0.982. The van der Waals surface area contributed by atoms with Crippen molar-refractivity contribution in [2.24, 2.45) is 5.73 Å². The molecule has 0 saturated carbocycles. The first-order valence-corrected chi connectivity index (χ1v) is 2.64. The summed E-state index contributed by atoms with van der Waals surface area (Å²) in [7, 11) is 0. The monoisotopic (exact) mass is 162 g/mol. The minimum Gasteiger partial charge on any atom is -0.325 e. The van der Waals surface area contributed by atoms with E-state index in [-0.39, 0.29) is 19.0 Å². The topological polar surface area (TPSA) is 38.9 Å². The van der Waals surface area contributed by atoms with Crippen LogP contribution in [0.3, 0.4) is 0 Å². The maximum Gasteiger partial charge on any atom is 0.213 e. The molecule has 0 amide bonds. The molecule has 2 N–H and O–H groups in total. The smallest absolute Gasteiger partial charge is 0.213 e. The molecule has 0 bridgehead atoms. The molecule has 0 saturated heterocycles. The largest absolute Gasteiger partial charge is 0.325 e. The molecule has 0 fully saturated rings. The molecule has 10 heavy (non-hydrogen) atoms. The average molecular weight is 163 g/mol. The van der Waals surface area contributed by atoms with Crippen molar-refractivity contribution < 1.29 is 4.39 Å². The van der Waals surface area contributed by atoms with Crippen LogP contribution in [0, 0.1) is 5.95 Å². The standard InChI is InChI=1S/C6H7FN2.ClH/c7-6-3-1-2-5(4-8)9-6;/h1-3H,4,8H2;1H. The lowest BCUT2D eigenvalue weighted by atomic mass is 10.3. The molecule has 1 aromatic heterocycles. The van der Waals surface area contributed by atoms with E-state index in [1.165, 1.54) is 6.07 Å². The van der Waals surface area contributed by atoms with Crippen molar-refractivity contribution in [3.63, 3.8) is 0 Å². The Hall–Kier alpha value is -0.670. The minimum atomic E-state index is -0.474. The van der Waals surface area contributed by atoms with Gasteiger partial charge in [-0.05, 0) is 12.1 Å². The van der Waals surface area contributed by atoms with Crippen LogP contribution in [0.5, 0.6) is 0 Å². The van der Waals surface area contributed by atoms with Crippen molar-refractivity contribution in [2.75, 3.05) is 0 Å². The number of aromatic nitrogens is 1. The van der Waals surface area contributed by atoms with E-state index in [0.29, 0.717) is 5.69 Å². The zero-order chi connectivity index (χ0) is 6.69. The highest BCUT2D eigenvalue weighted by atomic mass is 35.5. The molecule has 0 radical (unpaired) electrons. The van der Waals surface area contributed by atoms with Gasteiger partial charge in [-0.3, -0.25) is 0 Å². The van der Waals surface area contributed by atoms with E-state index in [2.05, 4.69) is 4.98 Å². The van der Waals surface area contributed by atoms with Gasteiger partial charge in [0.05, 0.1) is 5.69 Å². The van der Waals surface area contributed by atoms with Gasteiger partial charge < -0.3 is 5.73 Å². The third-order valence-electron chi connectivity index (χ3n) is 0.982. The molecule has 0 aromatic carbocycles. The summed E-state index contributed by atoms with van der Waals surface area (Å²) in [5.74, 6) is -0.474. The number of nitrogens with two attached hydrogens (primary N) is 1. The highest BCUT2D eigenvalue weighted by Crippen LogP contribution is 1.94. The van der Waals surface area contributed by atoms with Gasteiger partial charge in [0.15, 0.2) is 0 Å². The van der Waals surface area contributed by atoms with Crippen molar-refractivity contribution in [2.45, 2.75) is 6.54 Å². The van der Waals surface area contributed by atoms with Crippen LogP contribution < -0.4 is 5.73 Å². The van der Waals surface area contributed by atoms with Gasteiger partial charge >= 0.3 is 0 Å². The lowest BCUT2D eigenvalue weighted by Crippen LogP contribution is -1.99. The molecule has 1 aromatic rings. The number of pyridine rings is 1. The van der Waals surface area contributed by atoms with E-state index < -0.39 is 5.95 Å². The summed E-state index contributed by atoms with van der Waals surface area (Å²) < 4.78 is 12.2. The lowest BCUT2D eigenvalue weighted by Gasteiger charge is -1.91. The van der Waals surface area contributed by atoms with Gasteiger partial charge in [-0.25, -0.2) is 4.98 Å². The van der Waals surface area contributed by atoms with Crippen LogP contribution in [0.4, 0.5) is 4.39 Å². The van der Waals surface area contributed by atoms with Crippen LogP contribution in [0.15, 0.2) is 18.2 Å². The highest BCUT2D eigenvalue weighted by molar-refractivity contribution is 5.85. The van der Waals surface area contributed by atoms with Gasteiger partial charge in [0.25, 0.3) is 0 Å². The van der Waals surface area contributed by atoms with Crippen molar-refractivity contribution in [1.29, 1.82) is 0 Å². The molecule has 1 rings (SSSR count). The average Bonchev–Trinajstić information content (AvgIpc) is 1.88. The van der Waals surface area contributed by atoms with E-state index in [1.807, 2.05) is 0 Å². The summed E-state index contributed by atoms with van der Waals surface area (Å²) in [5.41, 5.74) is 5.77. The predicted octanol–water partition coefficient (Wildman–Crippen LogP) is 1.10. The van der Waals surface area contributed by atoms with Crippen LogP contribution in [0.25, 0.3) is 0 Å². The molecule has 0 atom stereocenters. The van der Waals surface area contributed by atoms with Gasteiger partial charge in [0.2, 0.25) is 5.95 Å². The molecule has 0 unspecified atom stereocenters. The second kappa shape index (κ2) is 4.19. The summed E-state index contributed by atoms with van der Waals surface area (Å²) >= 11 is 0. The van der Waals surface area contributed by atoms with Crippen molar-refractivity contribution in [3.8, 4) is 0 Å². The number of hydrogen-bond acceptors (Lipinski definition) is 2. The van der Waals surface area contributed by atoms with Crippen LogP contribution in [-0.2, 0) is 6.54 Å². The van der Waals surface area contributed by atoms with Gasteiger partial charge in [-0.15, -0.1) is 12.4 Å². The van der Waals surface area contributed by atoms with Gasteiger partial charge in [-0.2, -0.15) is 4.39 Å². The van der Waals surface area contributed by atoms with Gasteiger partial charge in [0, 0.05) is 6.54 Å². The first kappa shape index (κ1) is 9.33. The number of nitrogens with zero attached hydrogens (tertiary/aromatic N) is 1. The third kappa shape index (κ3) is 2.29. The Balaban J connectivity index is 0.000000810. The van der Waals surface area contributed by atoms with Crippen LogP contribution in [-0.4, -0.2) is 4.98 Å². The normalized spacial score (nSPS) is 8.60. The summed E-state index contributed by atoms with van der Waals surface area (Å²) in [6, 6.07) is 4.56. The van der Waals surface area contributed by atoms with E-state index in [1.54, 1.807) is 12.1 Å². The molecular formula is C6H8ClFN2. The Labute approximate surface area is 64.7 Å². The summed E-state index contributed by atoms with van der Waals surface area (Å²) in [6.45, 7) is 0.289. The minimum absolute atomic E-state index is 0. The fraction of sp³-hybridized carbons (Fsp3) is 0.167. The lowest BCUT2D eigenvalue weighted by molar-refractivity contribution is 0.577. The van der Waals surface area contributed by atoms with Gasteiger partial charge in [-0.1, -0.05) is 6.07 Å². The van der Waals surface area contributed by atoms with Crippen LogP contribution in [0.1, 0.15) is 5.69 Å². The Kier molecular flexibility index (Phi) is 3.91. The Morgan fingerprint density at radius 3 is 2.60 bits per heavy atom. The molecule has 1 heterocycles. The Morgan fingerprint density at radius 2 is 2.20 bits per heavy atom. The first-order chi connectivity index (χ1) is 4.33. The van der Waals surface area contributed by atoms with Crippen LogP contribution >= 0.6 is 12.4 Å². The maximum absolute atomic E-state index is 12.2. The molecule has 0 aliphatic heterocycles. The Bertz CT molecular complexity index is 205. The first-order valence-electron chi connectivity index (χ1n) is 2.64. The van der Waals surface area contributed by atoms with E-state index in [0.717, 1.165) is 0 Å².